The van der Waals surface area contributed by atoms with Crippen molar-refractivity contribution in [2.75, 3.05) is 24.6 Å². The van der Waals surface area contributed by atoms with E-state index in [1.807, 2.05) is 6.92 Å². The Morgan fingerprint density at radius 1 is 1.32 bits per heavy atom. The monoisotopic (exact) mass is 263 g/mol. The molecule has 0 atom stereocenters. The van der Waals surface area contributed by atoms with Crippen molar-refractivity contribution in [1.29, 1.82) is 0 Å². The smallest absolute Gasteiger partial charge is 0.357 e. The first-order valence-corrected chi connectivity index (χ1v) is 6.98. The summed E-state index contributed by atoms with van der Waals surface area (Å²) in [6.07, 6.45) is 6.54. The Morgan fingerprint density at radius 2 is 2.00 bits per heavy atom. The number of anilines is 1. The SMILES string of the molecule is CCOC(=O)c1nc(N2CCCCCC2)ncc1C. The molecule has 2 heterocycles. The van der Waals surface area contributed by atoms with Crippen molar-refractivity contribution in [3.05, 3.63) is 17.5 Å². The van der Waals surface area contributed by atoms with Crippen LogP contribution in [-0.4, -0.2) is 35.6 Å². The Labute approximate surface area is 114 Å². The van der Waals surface area contributed by atoms with E-state index in [-0.39, 0.29) is 5.97 Å². The van der Waals surface area contributed by atoms with Crippen LogP contribution in [0, 0.1) is 6.92 Å². The number of ether oxygens (including phenoxy) is 1. The van der Waals surface area contributed by atoms with Crippen LogP contribution in [0.3, 0.4) is 0 Å². The number of carbonyl (C=O) groups is 1. The van der Waals surface area contributed by atoms with Gasteiger partial charge in [0.25, 0.3) is 0 Å². The standard InChI is InChI=1S/C14H21N3O2/c1-3-19-13(18)12-11(2)10-15-14(16-12)17-8-6-4-5-7-9-17/h10H,3-9H2,1-2H3. The van der Waals surface area contributed by atoms with Gasteiger partial charge in [-0.15, -0.1) is 0 Å². The van der Waals surface area contributed by atoms with Crippen LogP contribution in [0.1, 0.15) is 48.7 Å². The number of rotatable bonds is 3. The third kappa shape index (κ3) is 3.43. The highest BCUT2D eigenvalue weighted by molar-refractivity contribution is 5.89. The fourth-order valence-electron chi connectivity index (χ4n) is 2.26. The lowest BCUT2D eigenvalue weighted by Crippen LogP contribution is -2.27. The number of hydrogen-bond acceptors (Lipinski definition) is 5. The van der Waals surface area contributed by atoms with Crippen molar-refractivity contribution in [2.45, 2.75) is 39.5 Å². The molecule has 1 aromatic rings. The molecular weight excluding hydrogens is 242 g/mol. The number of esters is 1. The summed E-state index contributed by atoms with van der Waals surface area (Å²) in [4.78, 5) is 22.7. The van der Waals surface area contributed by atoms with Crippen LogP contribution in [0.5, 0.6) is 0 Å². The van der Waals surface area contributed by atoms with Gasteiger partial charge in [0.1, 0.15) is 0 Å². The fraction of sp³-hybridized carbons (Fsp3) is 0.643. The molecule has 19 heavy (non-hydrogen) atoms. The van der Waals surface area contributed by atoms with Gasteiger partial charge in [0.05, 0.1) is 6.61 Å². The predicted molar refractivity (Wildman–Crippen MR) is 73.4 cm³/mol. The summed E-state index contributed by atoms with van der Waals surface area (Å²) < 4.78 is 5.03. The highest BCUT2D eigenvalue weighted by atomic mass is 16.5. The number of hydrogen-bond donors (Lipinski definition) is 0. The lowest BCUT2D eigenvalue weighted by molar-refractivity contribution is 0.0518. The molecule has 5 nitrogen and oxygen atoms in total. The lowest BCUT2D eigenvalue weighted by atomic mass is 10.2. The number of carbonyl (C=O) groups excluding carboxylic acids is 1. The van der Waals surface area contributed by atoms with Crippen molar-refractivity contribution < 1.29 is 9.53 Å². The summed E-state index contributed by atoms with van der Waals surface area (Å²) in [5, 5.41) is 0. The Kier molecular flexibility index (Phi) is 4.71. The van der Waals surface area contributed by atoms with Crippen LogP contribution in [0.15, 0.2) is 6.20 Å². The third-order valence-corrected chi connectivity index (χ3v) is 3.32. The van der Waals surface area contributed by atoms with Gasteiger partial charge in [-0.3, -0.25) is 0 Å². The lowest BCUT2D eigenvalue weighted by Gasteiger charge is -2.20. The van der Waals surface area contributed by atoms with Crippen molar-refractivity contribution >= 4 is 11.9 Å². The second kappa shape index (κ2) is 6.50. The van der Waals surface area contributed by atoms with Gasteiger partial charge < -0.3 is 9.64 Å². The van der Waals surface area contributed by atoms with Gasteiger partial charge in [-0.1, -0.05) is 12.8 Å². The minimum atomic E-state index is -0.363. The van der Waals surface area contributed by atoms with E-state index in [9.17, 15) is 4.79 Å². The van der Waals surface area contributed by atoms with E-state index in [1.165, 1.54) is 12.8 Å². The minimum absolute atomic E-state index is 0.362. The summed E-state index contributed by atoms with van der Waals surface area (Å²) in [6.45, 7) is 5.92. The molecule has 1 saturated heterocycles. The molecule has 0 unspecified atom stereocenters. The Morgan fingerprint density at radius 3 is 2.63 bits per heavy atom. The molecule has 0 radical (unpaired) electrons. The molecule has 0 amide bonds. The molecule has 0 spiro atoms. The second-order valence-corrected chi connectivity index (χ2v) is 4.82. The first kappa shape index (κ1) is 13.8. The molecule has 1 aliphatic heterocycles. The maximum absolute atomic E-state index is 11.8. The van der Waals surface area contributed by atoms with Gasteiger partial charge in [-0.2, -0.15) is 0 Å². The van der Waals surface area contributed by atoms with E-state index in [1.54, 1.807) is 13.1 Å². The molecular formula is C14H21N3O2. The topological polar surface area (TPSA) is 55.3 Å². The zero-order chi connectivity index (χ0) is 13.7. The van der Waals surface area contributed by atoms with E-state index in [0.29, 0.717) is 18.2 Å². The summed E-state index contributed by atoms with van der Waals surface area (Å²) >= 11 is 0. The molecule has 1 fully saturated rings. The Hall–Kier alpha value is -1.65. The number of nitrogens with zero attached hydrogens (tertiary/aromatic N) is 3. The Bertz CT molecular complexity index is 440. The van der Waals surface area contributed by atoms with Crippen molar-refractivity contribution in [1.82, 2.24) is 9.97 Å². The van der Waals surface area contributed by atoms with E-state index in [2.05, 4.69) is 14.9 Å². The largest absolute Gasteiger partial charge is 0.461 e. The molecule has 104 valence electrons. The molecule has 0 bridgehead atoms. The molecule has 0 aromatic carbocycles. The highest BCUT2D eigenvalue weighted by Gasteiger charge is 2.17. The van der Waals surface area contributed by atoms with E-state index < -0.39 is 0 Å². The minimum Gasteiger partial charge on any atom is -0.461 e. The van der Waals surface area contributed by atoms with Crippen LogP contribution in [-0.2, 0) is 4.74 Å². The van der Waals surface area contributed by atoms with Gasteiger partial charge in [-0.25, -0.2) is 14.8 Å². The molecule has 1 aliphatic rings. The zero-order valence-corrected chi connectivity index (χ0v) is 11.7. The van der Waals surface area contributed by atoms with Crippen LogP contribution in [0.4, 0.5) is 5.95 Å². The highest BCUT2D eigenvalue weighted by Crippen LogP contribution is 2.17. The van der Waals surface area contributed by atoms with Crippen LogP contribution < -0.4 is 4.90 Å². The average molecular weight is 263 g/mol. The summed E-state index contributed by atoms with van der Waals surface area (Å²) in [5.41, 5.74) is 1.15. The van der Waals surface area contributed by atoms with Gasteiger partial charge in [-0.05, 0) is 26.7 Å². The maximum atomic E-state index is 11.8. The molecule has 0 aliphatic carbocycles. The first-order valence-electron chi connectivity index (χ1n) is 6.98. The van der Waals surface area contributed by atoms with E-state index in [4.69, 9.17) is 4.74 Å². The first-order chi connectivity index (χ1) is 9.22. The van der Waals surface area contributed by atoms with Gasteiger partial charge in [0.2, 0.25) is 5.95 Å². The maximum Gasteiger partial charge on any atom is 0.357 e. The summed E-state index contributed by atoms with van der Waals surface area (Å²) in [5.74, 6) is 0.286. The fourth-order valence-corrected chi connectivity index (χ4v) is 2.26. The summed E-state index contributed by atoms with van der Waals surface area (Å²) in [6, 6.07) is 0. The third-order valence-electron chi connectivity index (χ3n) is 3.32. The quantitative estimate of drug-likeness (QED) is 0.783. The normalized spacial score (nSPS) is 16.0. The van der Waals surface area contributed by atoms with Crippen LogP contribution >= 0.6 is 0 Å². The molecule has 2 rings (SSSR count). The Balaban J connectivity index is 2.21. The van der Waals surface area contributed by atoms with Crippen molar-refractivity contribution in [2.24, 2.45) is 0 Å². The molecule has 0 N–H and O–H groups in total. The zero-order valence-electron chi connectivity index (χ0n) is 11.7. The average Bonchev–Trinajstić information content (AvgIpc) is 2.68. The molecule has 0 saturated carbocycles. The van der Waals surface area contributed by atoms with Crippen LogP contribution in [0.2, 0.25) is 0 Å². The molecule has 5 heteroatoms. The predicted octanol–water partition coefficient (Wildman–Crippen LogP) is 2.34. The number of aromatic nitrogens is 2. The molecule has 1 aromatic heterocycles. The van der Waals surface area contributed by atoms with Crippen LogP contribution in [0.25, 0.3) is 0 Å². The van der Waals surface area contributed by atoms with Gasteiger partial charge >= 0.3 is 5.97 Å². The van der Waals surface area contributed by atoms with E-state index >= 15 is 0 Å². The number of aryl methyl sites for hydroxylation is 1. The summed E-state index contributed by atoms with van der Waals surface area (Å²) in [7, 11) is 0. The van der Waals surface area contributed by atoms with Gasteiger partial charge in [0, 0.05) is 24.8 Å². The van der Waals surface area contributed by atoms with Gasteiger partial charge in [0.15, 0.2) is 5.69 Å². The van der Waals surface area contributed by atoms with Crippen molar-refractivity contribution in [3.63, 3.8) is 0 Å². The van der Waals surface area contributed by atoms with E-state index in [0.717, 1.165) is 31.5 Å². The van der Waals surface area contributed by atoms with Crippen molar-refractivity contribution in [3.8, 4) is 0 Å². The second-order valence-electron chi connectivity index (χ2n) is 4.82.